The van der Waals surface area contributed by atoms with E-state index in [1.165, 1.54) is 11.1 Å². The highest BCUT2D eigenvalue weighted by Crippen LogP contribution is 2.20. The number of rotatable bonds is 5. The monoisotopic (exact) mass is 260 g/mol. The van der Waals surface area contributed by atoms with E-state index >= 15 is 0 Å². The van der Waals surface area contributed by atoms with Crippen LogP contribution in [0.25, 0.3) is 0 Å². The van der Waals surface area contributed by atoms with E-state index in [0.29, 0.717) is 18.2 Å². The molecule has 0 aliphatic carbocycles. The SMILES string of the molecule is Cc1ccccc1CCC(=O)N1CCC(CCN)C1. The van der Waals surface area contributed by atoms with Crippen LogP contribution >= 0.6 is 0 Å². The van der Waals surface area contributed by atoms with Crippen LogP contribution < -0.4 is 5.73 Å². The molecule has 1 heterocycles. The van der Waals surface area contributed by atoms with Crippen molar-refractivity contribution in [1.82, 2.24) is 4.90 Å². The van der Waals surface area contributed by atoms with Gasteiger partial charge < -0.3 is 10.6 Å². The van der Waals surface area contributed by atoms with Crippen molar-refractivity contribution in [1.29, 1.82) is 0 Å². The lowest BCUT2D eigenvalue weighted by molar-refractivity contribution is -0.130. The number of amides is 1. The average Bonchev–Trinajstić information content (AvgIpc) is 2.87. The van der Waals surface area contributed by atoms with E-state index in [9.17, 15) is 4.79 Å². The number of nitrogens with two attached hydrogens (primary N) is 1. The first-order valence-electron chi connectivity index (χ1n) is 7.23. The molecule has 1 aliphatic rings. The zero-order valence-electron chi connectivity index (χ0n) is 11.8. The predicted octanol–water partition coefficient (Wildman–Crippen LogP) is 2.12. The van der Waals surface area contributed by atoms with Crippen LogP contribution in [0, 0.1) is 12.8 Å². The molecule has 1 saturated heterocycles. The Morgan fingerprint density at radius 2 is 2.21 bits per heavy atom. The first kappa shape index (κ1) is 14.1. The van der Waals surface area contributed by atoms with Gasteiger partial charge in [-0.15, -0.1) is 0 Å². The van der Waals surface area contributed by atoms with Crippen molar-refractivity contribution in [3.63, 3.8) is 0 Å². The largest absolute Gasteiger partial charge is 0.342 e. The minimum absolute atomic E-state index is 0.294. The lowest BCUT2D eigenvalue weighted by Gasteiger charge is -2.16. The van der Waals surface area contributed by atoms with Gasteiger partial charge in [-0.1, -0.05) is 24.3 Å². The Morgan fingerprint density at radius 1 is 1.42 bits per heavy atom. The van der Waals surface area contributed by atoms with Gasteiger partial charge in [0, 0.05) is 19.5 Å². The van der Waals surface area contributed by atoms with Gasteiger partial charge in [0.05, 0.1) is 0 Å². The Hall–Kier alpha value is -1.35. The highest BCUT2D eigenvalue weighted by molar-refractivity contribution is 5.76. The van der Waals surface area contributed by atoms with Gasteiger partial charge in [0.2, 0.25) is 5.91 Å². The van der Waals surface area contributed by atoms with E-state index in [4.69, 9.17) is 5.73 Å². The Morgan fingerprint density at radius 3 is 2.95 bits per heavy atom. The molecule has 1 unspecified atom stereocenters. The molecular weight excluding hydrogens is 236 g/mol. The summed E-state index contributed by atoms with van der Waals surface area (Å²) >= 11 is 0. The van der Waals surface area contributed by atoms with E-state index in [1.807, 2.05) is 17.0 Å². The number of carbonyl (C=O) groups is 1. The average molecular weight is 260 g/mol. The second-order valence-corrected chi connectivity index (χ2v) is 5.50. The fourth-order valence-corrected chi connectivity index (χ4v) is 2.82. The minimum atomic E-state index is 0.294. The summed E-state index contributed by atoms with van der Waals surface area (Å²) in [5.74, 6) is 0.912. The molecule has 1 aliphatic heterocycles. The first-order valence-corrected chi connectivity index (χ1v) is 7.23. The molecule has 3 nitrogen and oxygen atoms in total. The van der Waals surface area contributed by atoms with Crippen molar-refractivity contribution in [2.75, 3.05) is 19.6 Å². The quantitative estimate of drug-likeness (QED) is 0.881. The van der Waals surface area contributed by atoms with Crippen LogP contribution in [-0.4, -0.2) is 30.4 Å². The molecule has 0 saturated carbocycles. The topological polar surface area (TPSA) is 46.3 Å². The van der Waals surface area contributed by atoms with Gasteiger partial charge in [-0.25, -0.2) is 0 Å². The minimum Gasteiger partial charge on any atom is -0.342 e. The van der Waals surface area contributed by atoms with E-state index < -0.39 is 0 Å². The van der Waals surface area contributed by atoms with Crippen molar-refractivity contribution in [3.05, 3.63) is 35.4 Å². The summed E-state index contributed by atoms with van der Waals surface area (Å²) in [6, 6.07) is 8.30. The zero-order chi connectivity index (χ0) is 13.7. The van der Waals surface area contributed by atoms with Crippen molar-refractivity contribution in [2.45, 2.75) is 32.6 Å². The van der Waals surface area contributed by atoms with Gasteiger partial charge in [0.15, 0.2) is 0 Å². The van der Waals surface area contributed by atoms with E-state index in [-0.39, 0.29) is 0 Å². The summed E-state index contributed by atoms with van der Waals surface area (Å²) in [4.78, 5) is 14.2. The standard InChI is InChI=1S/C16H24N2O/c1-13-4-2-3-5-15(13)6-7-16(19)18-11-9-14(12-18)8-10-17/h2-5,14H,6-12,17H2,1H3. The first-order chi connectivity index (χ1) is 9.20. The maximum absolute atomic E-state index is 12.2. The number of nitrogens with zero attached hydrogens (tertiary/aromatic N) is 1. The number of carbonyl (C=O) groups excluding carboxylic acids is 1. The lowest BCUT2D eigenvalue weighted by atomic mass is 10.0. The Balaban J connectivity index is 1.81. The van der Waals surface area contributed by atoms with Gasteiger partial charge in [-0.05, 0) is 49.8 Å². The molecule has 3 heteroatoms. The van der Waals surface area contributed by atoms with Gasteiger partial charge in [-0.2, -0.15) is 0 Å². The van der Waals surface area contributed by atoms with Gasteiger partial charge in [0.25, 0.3) is 0 Å². The van der Waals surface area contributed by atoms with Crippen LogP contribution in [-0.2, 0) is 11.2 Å². The van der Waals surface area contributed by atoms with Crippen molar-refractivity contribution >= 4 is 5.91 Å². The number of benzene rings is 1. The Bertz CT molecular complexity index is 431. The highest BCUT2D eigenvalue weighted by Gasteiger charge is 2.25. The predicted molar refractivity (Wildman–Crippen MR) is 77.9 cm³/mol. The molecule has 104 valence electrons. The number of hydrogen-bond acceptors (Lipinski definition) is 2. The Labute approximate surface area is 115 Å². The number of aryl methyl sites for hydroxylation is 2. The van der Waals surface area contributed by atoms with Gasteiger partial charge in [0.1, 0.15) is 0 Å². The summed E-state index contributed by atoms with van der Waals surface area (Å²) < 4.78 is 0. The molecule has 1 atom stereocenters. The van der Waals surface area contributed by atoms with Crippen LogP contribution in [0.15, 0.2) is 24.3 Å². The van der Waals surface area contributed by atoms with Crippen LogP contribution in [0.5, 0.6) is 0 Å². The normalized spacial score (nSPS) is 18.8. The third-order valence-electron chi connectivity index (χ3n) is 4.08. The van der Waals surface area contributed by atoms with E-state index in [2.05, 4.69) is 19.1 Å². The smallest absolute Gasteiger partial charge is 0.222 e. The molecule has 0 spiro atoms. The maximum Gasteiger partial charge on any atom is 0.222 e. The van der Waals surface area contributed by atoms with Crippen LogP contribution in [0.2, 0.25) is 0 Å². The molecule has 1 aromatic rings. The molecule has 19 heavy (non-hydrogen) atoms. The summed E-state index contributed by atoms with van der Waals surface area (Å²) in [6.07, 6.45) is 3.64. The number of likely N-dealkylation sites (tertiary alicyclic amines) is 1. The van der Waals surface area contributed by atoms with Crippen molar-refractivity contribution in [3.8, 4) is 0 Å². The summed E-state index contributed by atoms with van der Waals surface area (Å²) in [5, 5.41) is 0. The molecule has 1 fully saturated rings. The molecule has 1 amide bonds. The van der Waals surface area contributed by atoms with Crippen LogP contribution in [0.4, 0.5) is 0 Å². The molecule has 2 rings (SSSR count). The van der Waals surface area contributed by atoms with Crippen LogP contribution in [0.1, 0.15) is 30.4 Å². The van der Waals surface area contributed by atoms with Crippen molar-refractivity contribution < 1.29 is 4.79 Å². The number of hydrogen-bond donors (Lipinski definition) is 1. The molecule has 1 aromatic carbocycles. The second kappa shape index (κ2) is 6.71. The van der Waals surface area contributed by atoms with E-state index in [1.54, 1.807) is 0 Å². The fraction of sp³-hybridized carbons (Fsp3) is 0.562. The summed E-state index contributed by atoms with van der Waals surface area (Å²) in [5.41, 5.74) is 8.14. The molecule has 0 aromatic heterocycles. The molecular formula is C16H24N2O. The maximum atomic E-state index is 12.2. The summed E-state index contributed by atoms with van der Waals surface area (Å²) in [7, 11) is 0. The molecule has 2 N–H and O–H groups in total. The summed E-state index contributed by atoms with van der Waals surface area (Å²) in [6.45, 7) is 4.66. The fourth-order valence-electron chi connectivity index (χ4n) is 2.82. The van der Waals surface area contributed by atoms with Gasteiger partial charge >= 0.3 is 0 Å². The van der Waals surface area contributed by atoms with E-state index in [0.717, 1.165) is 38.9 Å². The third-order valence-corrected chi connectivity index (χ3v) is 4.08. The van der Waals surface area contributed by atoms with Crippen molar-refractivity contribution in [2.24, 2.45) is 11.7 Å². The van der Waals surface area contributed by atoms with Crippen LogP contribution in [0.3, 0.4) is 0 Å². The zero-order valence-corrected chi connectivity index (χ0v) is 11.8. The highest BCUT2D eigenvalue weighted by atomic mass is 16.2. The third kappa shape index (κ3) is 3.80. The molecule has 0 radical (unpaired) electrons. The second-order valence-electron chi connectivity index (χ2n) is 5.50. The lowest BCUT2D eigenvalue weighted by Crippen LogP contribution is -2.29. The molecule has 0 bridgehead atoms. The Kier molecular flexibility index (Phi) is 4.97. The van der Waals surface area contributed by atoms with Gasteiger partial charge in [-0.3, -0.25) is 4.79 Å².